The molecule has 0 bridgehead atoms. The van der Waals surface area contributed by atoms with Crippen molar-refractivity contribution in [2.24, 2.45) is 5.92 Å². The first-order valence-electron chi connectivity index (χ1n) is 5.76. The highest BCUT2D eigenvalue weighted by molar-refractivity contribution is 5.82. The zero-order valence-electron chi connectivity index (χ0n) is 10.5. The molecule has 0 aromatic rings. The van der Waals surface area contributed by atoms with Gasteiger partial charge in [-0.2, -0.15) is 0 Å². The summed E-state index contributed by atoms with van der Waals surface area (Å²) in [7, 11) is 1.61. The van der Waals surface area contributed by atoms with Crippen LogP contribution in [0.5, 0.6) is 0 Å². The van der Waals surface area contributed by atoms with Crippen LogP contribution in [0, 0.1) is 5.92 Å². The Bertz CT molecular complexity index is 293. The average Bonchev–Trinajstić information content (AvgIpc) is 2.73. The quantitative estimate of drug-likeness (QED) is 0.756. The number of ether oxygens (including phenoxy) is 1. The third-order valence-corrected chi connectivity index (χ3v) is 2.98. The summed E-state index contributed by atoms with van der Waals surface area (Å²) in [5.74, 6) is -1.15. The largest absolute Gasteiger partial charge is 0.480 e. The van der Waals surface area contributed by atoms with Crippen molar-refractivity contribution in [3.8, 4) is 0 Å². The molecular formula is C11H20N2O4. The number of hydrogen-bond donors (Lipinski definition) is 2. The van der Waals surface area contributed by atoms with Gasteiger partial charge in [0.25, 0.3) is 0 Å². The van der Waals surface area contributed by atoms with Gasteiger partial charge in [-0.05, 0) is 12.3 Å². The summed E-state index contributed by atoms with van der Waals surface area (Å²) >= 11 is 0. The smallest absolute Gasteiger partial charge is 0.326 e. The predicted molar refractivity (Wildman–Crippen MR) is 61.8 cm³/mol. The van der Waals surface area contributed by atoms with E-state index in [0.717, 1.165) is 6.42 Å². The van der Waals surface area contributed by atoms with Gasteiger partial charge in [0.05, 0.1) is 6.10 Å². The number of aliphatic carboxylic acids is 1. The second-order valence-corrected chi connectivity index (χ2v) is 4.60. The summed E-state index contributed by atoms with van der Waals surface area (Å²) in [6, 6.07) is -1.17. The molecule has 1 aliphatic heterocycles. The lowest BCUT2D eigenvalue weighted by molar-refractivity contribution is -0.140. The highest BCUT2D eigenvalue weighted by Gasteiger charge is 2.30. The van der Waals surface area contributed by atoms with Gasteiger partial charge in [0.15, 0.2) is 0 Å². The van der Waals surface area contributed by atoms with Crippen molar-refractivity contribution in [1.29, 1.82) is 0 Å². The molecule has 1 saturated heterocycles. The summed E-state index contributed by atoms with van der Waals surface area (Å²) < 4.78 is 5.15. The molecule has 2 amide bonds. The number of rotatable bonds is 4. The molecule has 6 nitrogen and oxygen atoms in total. The number of hydrogen-bond acceptors (Lipinski definition) is 3. The van der Waals surface area contributed by atoms with Crippen molar-refractivity contribution >= 4 is 12.0 Å². The first-order valence-corrected chi connectivity index (χ1v) is 5.76. The van der Waals surface area contributed by atoms with Gasteiger partial charge in [-0.1, -0.05) is 13.8 Å². The normalized spacial score (nSPS) is 21.6. The summed E-state index contributed by atoms with van der Waals surface area (Å²) in [4.78, 5) is 24.4. The van der Waals surface area contributed by atoms with Crippen LogP contribution in [0.25, 0.3) is 0 Å². The number of nitrogens with zero attached hydrogens (tertiary/aromatic N) is 1. The Morgan fingerprint density at radius 1 is 1.47 bits per heavy atom. The van der Waals surface area contributed by atoms with Crippen LogP contribution in [-0.4, -0.2) is 54.4 Å². The predicted octanol–water partition coefficient (Wildman–Crippen LogP) is 0.526. The van der Waals surface area contributed by atoms with E-state index in [1.807, 2.05) is 0 Å². The number of carbonyl (C=O) groups excluding carboxylic acids is 1. The molecule has 1 fully saturated rings. The van der Waals surface area contributed by atoms with E-state index in [0.29, 0.717) is 13.1 Å². The highest BCUT2D eigenvalue weighted by atomic mass is 16.5. The standard InChI is InChI=1S/C11H20N2O4/c1-7(2)9(10(14)15)12-11(16)13-5-4-8(6-13)17-3/h7-9H,4-6H2,1-3H3,(H,12,16)(H,14,15)/t8?,9-/m1/s1. The fraction of sp³-hybridized carbons (Fsp3) is 0.818. The minimum Gasteiger partial charge on any atom is -0.480 e. The summed E-state index contributed by atoms with van der Waals surface area (Å²) in [6.07, 6.45) is 0.853. The maximum atomic E-state index is 11.8. The summed E-state index contributed by atoms with van der Waals surface area (Å²) in [5.41, 5.74) is 0. The second-order valence-electron chi connectivity index (χ2n) is 4.60. The molecule has 17 heavy (non-hydrogen) atoms. The molecule has 6 heteroatoms. The molecule has 0 radical (unpaired) electrons. The Hall–Kier alpha value is -1.30. The van der Waals surface area contributed by atoms with Crippen LogP contribution in [0.2, 0.25) is 0 Å². The molecule has 0 aromatic heterocycles. The van der Waals surface area contributed by atoms with Crippen LogP contribution in [0.3, 0.4) is 0 Å². The van der Waals surface area contributed by atoms with E-state index < -0.39 is 12.0 Å². The number of carboxylic acids is 1. The van der Waals surface area contributed by atoms with E-state index in [4.69, 9.17) is 9.84 Å². The van der Waals surface area contributed by atoms with Gasteiger partial charge in [-0.15, -0.1) is 0 Å². The molecule has 0 aliphatic carbocycles. The van der Waals surface area contributed by atoms with Gasteiger partial charge < -0.3 is 20.1 Å². The van der Waals surface area contributed by atoms with Crippen LogP contribution >= 0.6 is 0 Å². The Balaban J connectivity index is 2.51. The van der Waals surface area contributed by atoms with Gasteiger partial charge in [-0.3, -0.25) is 0 Å². The van der Waals surface area contributed by atoms with Crippen LogP contribution in [0.15, 0.2) is 0 Å². The molecule has 98 valence electrons. The molecule has 2 N–H and O–H groups in total. The van der Waals surface area contributed by atoms with Crippen molar-refractivity contribution in [3.05, 3.63) is 0 Å². The lowest BCUT2D eigenvalue weighted by atomic mass is 10.1. The highest BCUT2D eigenvalue weighted by Crippen LogP contribution is 2.12. The maximum absolute atomic E-state index is 11.8. The van der Waals surface area contributed by atoms with E-state index in [1.165, 1.54) is 0 Å². The van der Waals surface area contributed by atoms with Crippen LogP contribution in [0.1, 0.15) is 20.3 Å². The van der Waals surface area contributed by atoms with Gasteiger partial charge >= 0.3 is 12.0 Å². The average molecular weight is 244 g/mol. The molecule has 0 saturated carbocycles. The van der Waals surface area contributed by atoms with Gasteiger partial charge in [0, 0.05) is 20.2 Å². The molecular weight excluding hydrogens is 224 g/mol. The van der Waals surface area contributed by atoms with Crippen molar-refractivity contribution in [2.75, 3.05) is 20.2 Å². The first kappa shape index (κ1) is 13.8. The van der Waals surface area contributed by atoms with Crippen LogP contribution < -0.4 is 5.32 Å². The first-order chi connectivity index (χ1) is 7.95. The summed E-state index contributed by atoms with van der Waals surface area (Å²) in [6.45, 7) is 4.66. The minimum atomic E-state index is -1.00. The van der Waals surface area contributed by atoms with E-state index in [9.17, 15) is 9.59 Å². The van der Waals surface area contributed by atoms with Crippen molar-refractivity contribution in [2.45, 2.75) is 32.4 Å². The molecule has 1 aliphatic rings. The van der Waals surface area contributed by atoms with E-state index in [-0.39, 0.29) is 18.1 Å². The van der Waals surface area contributed by atoms with Crippen molar-refractivity contribution in [1.82, 2.24) is 10.2 Å². The molecule has 0 aromatic carbocycles. The maximum Gasteiger partial charge on any atom is 0.326 e. The number of urea groups is 1. The second kappa shape index (κ2) is 5.86. The third kappa shape index (κ3) is 3.59. The number of carbonyl (C=O) groups is 2. The van der Waals surface area contributed by atoms with Crippen molar-refractivity contribution < 1.29 is 19.4 Å². The minimum absolute atomic E-state index is 0.0584. The summed E-state index contributed by atoms with van der Waals surface area (Å²) in [5, 5.41) is 11.5. The zero-order valence-corrected chi connectivity index (χ0v) is 10.5. The molecule has 1 heterocycles. The number of amides is 2. The Labute approximate surface area is 101 Å². The van der Waals surface area contributed by atoms with Gasteiger partial charge in [0.1, 0.15) is 6.04 Å². The Kier molecular flexibility index (Phi) is 4.74. The third-order valence-electron chi connectivity index (χ3n) is 2.98. The Morgan fingerprint density at radius 2 is 2.12 bits per heavy atom. The van der Waals surface area contributed by atoms with Crippen LogP contribution in [0.4, 0.5) is 4.79 Å². The lowest BCUT2D eigenvalue weighted by Gasteiger charge is -2.22. The molecule has 1 rings (SSSR count). The van der Waals surface area contributed by atoms with Gasteiger partial charge in [-0.25, -0.2) is 9.59 Å². The molecule has 0 spiro atoms. The SMILES string of the molecule is COC1CCN(C(=O)N[C@@H](C(=O)O)C(C)C)C1. The number of carboxylic acid groups (broad SMARTS) is 1. The van der Waals surface area contributed by atoms with Gasteiger partial charge in [0.2, 0.25) is 0 Å². The molecule has 1 unspecified atom stereocenters. The number of likely N-dealkylation sites (tertiary alicyclic amines) is 1. The van der Waals surface area contributed by atoms with Crippen LogP contribution in [-0.2, 0) is 9.53 Å². The van der Waals surface area contributed by atoms with E-state index >= 15 is 0 Å². The molecule has 2 atom stereocenters. The fourth-order valence-electron chi connectivity index (χ4n) is 1.84. The monoisotopic (exact) mass is 244 g/mol. The zero-order chi connectivity index (χ0) is 13.0. The lowest BCUT2D eigenvalue weighted by Crippen LogP contribution is -2.49. The fourth-order valence-corrected chi connectivity index (χ4v) is 1.84. The van der Waals surface area contributed by atoms with E-state index in [1.54, 1.807) is 25.9 Å². The van der Waals surface area contributed by atoms with E-state index in [2.05, 4.69) is 5.32 Å². The number of nitrogens with one attached hydrogen (secondary N) is 1. The Morgan fingerprint density at radius 3 is 2.53 bits per heavy atom. The van der Waals surface area contributed by atoms with Crippen molar-refractivity contribution in [3.63, 3.8) is 0 Å². The topological polar surface area (TPSA) is 78.9 Å². The number of methoxy groups -OCH3 is 1.